The molecule has 0 unspecified atom stereocenters. The fourth-order valence-corrected chi connectivity index (χ4v) is 5.23. The number of hydrogen-bond donors (Lipinski definition) is 2. The van der Waals surface area contributed by atoms with Gasteiger partial charge in [-0.1, -0.05) is 53.0 Å². The number of phenolic OH excluding ortho intramolecular Hbond substituents is 2. The number of aromatic hydroxyl groups is 2. The maximum atomic E-state index is 12.7. The molecule has 0 aromatic heterocycles. The highest BCUT2D eigenvalue weighted by Gasteiger charge is 2.23. The normalized spacial score (nSPS) is 10.7. The van der Waals surface area contributed by atoms with Gasteiger partial charge in [0, 0.05) is 27.7 Å². The molecule has 0 heterocycles. The number of hydrogen-bond acceptors (Lipinski definition) is 6. The Labute approximate surface area is 287 Å². The average Bonchev–Trinajstić information content (AvgIpc) is 3.09. The van der Waals surface area contributed by atoms with Gasteiger partial charge < -0.3 is 19.7 Å². The minimum absolute atomic E-state index is 0. The summed E-state index contributed by atoms with van der Waals surface area (Å²) in [5, 5.41) is 18.9. The second kappa shape index (κ2) is 15.2. The number of phenols is 2. The molecule has 0 bridgehead atoms. The summed E-state index contributed by atoms with van der Waals surface area (Å²) in [6, 6.07) is 42.2. The fraction of sp³-hybridized carbons (Fsp3) is 0.116. The predicted molar refractivity (Wildman–Crippen MR) is 195 cm³/mol. The van der Waals surface area contributed by atoms with Crippen molar-refractivity contribution in [2.75, 3.05) is 0 Å². The zero-order valence-corrected chi connectivity index (χ0v) is 25.9. The Morgan fingerprint density at radius 2 is 0.633 bits per heavy atom. The molecular weight excluding hydrogens is 612 g/mol. The van der Waals surface area contributed by atoms with Crippen LogP contribution in [0.2, 0.25) is 0 Å². The van der Waals surface area contributed by atoms with Crippen LogP contribution < -0.4 is 9.47 Å². The second-order valence-electron chi connectivity index (χ2n) is 11.7. The molecule has 0 saturated carbocycles. The van der Waals surface area contributed by atoms with Crippen molar-refractivity contribution >= 4 is 11.6 Å². The molecule has 0 atom stereocenters. The standard InChI is InChI=1S/C41H32O6.2CH4/c1-41(2,31-11-23-37(24-12-31)46-35-19-7-29(8-20-35)39(44)27-3-15-33(42)16-4-27)32-13-25-38(26-14-32)47-36-21-9-30(10-22-36)40(45)28-5-17-34(43)18-6-28;;/h3-26,42-43H,1-2H3;2*1H4. The van der Waals surface area contributed by atoms with Crippen molar-refractivity contribution in [1.29, 1.82) is 0 Å². The van der Waals surface area contributed by atoms with E-state index in [0.29, 0.717) is 45.3 Å². The molecule has 0 aliphatic carbocycles. The summed E-state index contributed by atoms with van der Waals surface area (Å²) in [7, 11) is 0. The molecule has 6 aromatic carbocycles. The molecule has 6 nitrogen and oxygen atoms in total. The number of carbonyl (C=O) groups excluding carboxylic acids is 2. The third kappa shape index (κ3) is 8.24. The molecule has 6 rings (SSSR count). The smallest absolute Gasteiger partial charge is 0.193 e. The lowest BCUT2D eigenvalue weighted by Crippen LogP contribution is -2.18. The SMILES string of the molecule is C.C.CC(C)(c1ccc(Oc2ccc(C(=O)c3ccc(O)cc3)cc2)cc1)c1ccc(Oc2ccc(C(=O)c3ccc(O)cc3)cc2)cc1. The molecule has 0 saturated heterocycles. The van der Waals surface area contributed by atoms with Crippen LogP contribution in [0, 0.1) is 0 Å². The fourth-order valence-electron chi connectivity index (χ4n) is 5.23. The largest absolute Gasteiger partial charge is 0.508 e. The van der Waals surface area contributed by atoms with Gasteiger partial charge in [0.25, 0.3) is 0 Å². The van der Waals surface area contributed by atoms with Gasteiger partial charge in [0.05, 0.1) is 0 Å². The predicted octanol–water partition coefficient (Wildman–Crippen LogP) is 10.7. The lowest BCUT2D eigenvalue weighted by atomic mass is 9.78. The van der Waals surface area contributed by atoms with E-state index < -0.39 is 0 Å². The number of ketones is 2. The first-order chi connectivity index (χ1) is 22.7. The highest BCUT2D eigenvalue weighted by Crippen LogP contribution is 2.35. The van der Waals surface area contributed by atoms with Crippen molar-refractivity contribution in [2.45, 2.75) is 34.1 Å². The molecular formula is C43H40O6. The van der Waals surface area contributed by atoms with Crippen molar-refractivity contribution < 1.29 is 29.3 Å². The lowest BCUT2D eigenvalue weighted by Gasteiger charge is -2.26. The van der Waals surface area contributed by atoms with Crippen LogP contribution in [0.3, 0.4) is 0 Å². The first-order valence-corrected chi connectivity index (χ1v) is 15.1. The highest BCUT2D eigenvalue weighted by atomic mass is 16.5. The summed E-state index contributed by atoms with van der Waals surface area (Å²) >= 11 is 0. The summed E-state index contributed by atoms with van der Waals surface area (Å²) < 4.78 is 12.1. The van der Waals surface area contributed by atoms with E-state index in [1.807, 2.05) is 48.5 Å². The Bertz CT molecular complexity index is 1840. The van der Waals surface area contributed by atoms with Crippen molar-refractivity contribution in [1.82, 2.24) is 0 Å². The van der Waals surface area contributed by atoms with E-state index in [4.69, 9.17) is 9.47 Å². The van der Waals surface area contributed by atoms with E-state index in [2.05, 4.69) is 13.8 Å². The summed E-state index contributed by atoms with van der Waals surface area (Å²) in [6.07, 6.45) is 0. The average molecular weight is 653 g/mol. The first-order valence-electron chi connectivity index (χ1n) is 15.1. The first kappa shape index (κ1) is 35.7. The highest BCUT2D eigenvalue weighted by molar-refractivity contribution is 6.09. The van der Waals surface area contributed by atoms with Crippen LogP contribution in [0.5, 0.6) is 34.5 Å². The third-order valence-electron chi connectivity index (χ3n) is 8.12. The topological polar surface area (TPSA) is 93.1 Å². The van der Waals surface area contributed by atoms with Crippen LogP contribution in [0.4, 0.5) is 0 Å². The number of carbonyl (C=O) groups is 2. The van der Waals surface area contributed by atoms with Crippen LogP contribution in [0.25, 0.3) is 0 Å². The maximum Gasteiger partial charge on any atom is 0.193 e. The van der Waals surface area contributed by atoms with E-state index in [1.165, 1.54) is 24.3 Å². The van der Waals surface area contributed by atoms with Crippen LogP contribution in [-0.2, 0) is 5.41 Å². The zero-order chi connectivity index (χ0) is 33.0. The number of ether oxygens (including phenoxy) is 2. The quantitative estimate of drug-likeness (QED) is 0.143. The summed E-state index contributed by atoms with van der Waals surface area (Å²) in [4.78, 5) is 25.4. The Hall–Kier alpha value is -6.14. The van der Waals surface area contributed by atoms with Gasteiger partial charge in [0.15, 0.2) is 11.6 Å². The summed E-state index contributed by atoms with van der Waals surface area (Å²) in [5.41, 5.74) is 4.02. The van der Waals surface area contributed by atoms with Crippen LogP contribution >= 0.6 is 0 Å². The molecule has 0 aliphatic rings. The molecule has 0 fully saturated rings. The Morgan fingerprint density at radius 3 is 0.898 bits per heavy atom. The van der Waals surface area contributed by atoms with Gasteiger partial charge in [-0.3, -0.25) is 9.59 Å². The van der Waals surface area contributed by atoms with Gasteiger partial charge in [-0.05, 0) is 132 Å². The Kier molecular flexibility index (Phi) is 11.1. The van der Waals surface area contributed by atoms with Crippen molar-refractivity contribution in [3.05, 3.63) is 179 Å². The summed E-state index contributed by atoms with van der Waals surface area (Å²) in [5.74, 6) is 2.58. The molecule has 49 heavy (non-hydrogen) atoms. The van der Waals surface area contributed by atoms with Gasteiger partial charge in [-0.2, -0.15) is 0 Å². The lowest BCUT2D eigenvalue weighted by molar-refractivity contribution is 0.103. The van der Waals surface area contributed by atoms with Gasteiger partial charge in [-0.15, -0.1) is 0 Å². The molecule has 0 aliphatic heterocycles. The van der Waals surface area contributed by atoms with E-state index in [1.54, 1.807) is 72.8 Å². The van der Waals surface area contributed by atoms with Gasteiger partial charge in [0.1, 0.15) is 34.5 Å². The molecule has 0 spiro atoms. The number of rotatable bonds is 10. The van der Waals surface area contributed by atoms with Gasteiger partial charge >= 0.3 is 0 Å². The minimum atomic E-state index is -0.288. The zero-order valence-electron chi connectivity index (χ0n) is 25.9. The molecule has 2 N–H and O–H groups in total. The van der Waals surface area contributed by atoms with Gasteiger partial charge in [0.2, 0.25) is 0 Å². The molecule has 0 amide bonds. The monoisotopic (exact) mass is 652 g/mol. The van der Waals surface area contributed by atoms with Crippen molar-refractivity contribution in [3.63, 3.8) is 0 Å². The molecule has 0 radical (unpaired) electrons. The van der Waals surface area contributed by atoms with Crippen molar-refractivity contribution in [2.24, 2.45) is 0 Å². The van der Waals surface area contributed by atoms with E-state index >= 15 is 0 Å². The maximum absolute atomic E-state index is 12.7. The van der Waals surface area contributed by atoms with Crippen molar-refractivity contribution in [3.8, 4) is 34.5 Å². The third-order valence-corrected chi connectivity index (χ3v) is 8.12. The van der Waals surface area contributed by atoms with Crippen LogP contribution in [0.1, 0.15) is 71.7 Å². The van der Waals surface area contributed by atoms with E-state index in [9.17, 15) is 19.8 Å². The Balaban J connectivity index is 0.00000270. The molecule has 248 valence electrons. The molecule has 6 aromatic rings. The Morgan fingerprint density at radius 1 is 0.408 bits per heavy atom. The van der Waals surface area contributed by atoms with Crippen LogP contribution in [0.15, 0.2) is 146 Å². The summed E-state index contributed by atoms with van der Waals surface area (Å²) in [6.45, 7) is 4.32. The van der Waals surface area contributed by atoms with Crippen LogP contribution in [-0.4, -0.2) is 21.8 Å². The number of benzene rings is 6. The van der Waals surface area contributed by atoms with Gasteiger partial charge in [-0.25, -0.2) is 0 Å². The second-order valence-corrected chi connectivity index (χ2v) is 11.7. The molecule has 6 heteroatoms. The van der Waals surface area contributed by atoms with E-state index in [0.717, 1.165) is 11.1 Å². The van der Waals surface area contributed by atoms with E-state index in [-0.39, 0.29) is 43.3 Å². The minimum Gasteiger partial charge on any atom is -0.508 e.